The summed E-state index contributed by atoms with van der Waals surface area (Å²) in [5.41, 5.74) is 13.0. The predicted molar refractivity (Wildman–Crippen MR) is 203 cm³/mol. The predicted octanol–water partition coefficient (Wildman–Crippen LogP) is 10.0. The highest BCUT2D eigenvalue weighted by Crippen LogP contribution is 2.38. The number of fused-ring (bicyclic) bond motifs is 1. The summed E-state index contributed by atoms with van der Waals surface area (Å²) in [4.78, 5) is 21.0. The molecule has 7 nitrogen and oxygen atoms in total. The van der Waals surface area contributed by atoms with Crippen molar-refractivity contribution < 1.29 is 0 Å². The number of para-hydroxylation sites is 1. The van der Waals surface area contributed by atoms with Gasteiger partial charge in [0.15, 0.2) is 0 Å². The molecule has 0 saturated heterocycles. The lowest BCUT2D eigenvalue weighted by atomic mass is 9.96. The van der Waals surface area contributed by atoms with E-state index in [9.17, 15) is 0 Å². The molecule has 0 aliphatic rings. The van der Waals surface area contributed by atoms with Crippen LogP contribution in [0, 0.1) is 0 Å². The highest BCUT2D eigenvalue weighted by Gasteiger charge is 2.20. The first kappa shape index (κ1) is 30.0. The standard InChI is InChI=1S/C44H29N7/c1-3-14-30(15-4-1)33-18-11-19-34(31-16-5-2-6-17-31)44(33)51-49-42-29-32(36-22-12-24-40(47-36)38-20-7-9-26-45-38)28-35(43(42)50-51)37-23-13-25-41(48-37)39-21-8-10-27-46-39/h1-29H. The van der Waals surface area contributed by atoms with Crippen molar-refractivity contribution in [2.75, 3.05) is 0 Å². The highest BCUT2D eigenvalue weighted by molar-refractivity contribution is 5.95. The van der Waals surface area contributed by atoms with E-state index in [1.807, 2.05) is 84.9 Å². The van der Waals surface area contributed by atoms with Gasteiger partial charge < -0.3 is 0 Å². The summed E-state index contributed by atoms with van der Waals surface area (Å²) < 4.78 is 0. The second-order valence-corrected chi connectivity index (χ2v) is 12.1. The monoisotopic (exact) mass is 655 g/mol. The Labute approximate surface area is 294 Å². The Balaban J connectivity index is 1.29. The van der Waals surface area contributed by atoms with E-state index in [-0.39, 0.29) is 0 Å². The molecule has 0 bridgehead atoms. The summed E-state index contributed by atoms with van der Waals surface area (Å²) >= 11 is 0. The number of rotatable bonds is 7. The van der Waals surface area contributed by atoms with Gasteiger partial charge in [-0.3, -0.25) is 9.97 Å². The molecule has 0 atom stereocenters. The Morgan fingerprint density at radius 2 is 0.863 bits per heavy atom. The highest BCUT2D eigenvalue weighted by atomic mass is 15.5. The molecule has 4 aromatic carbocycles. The van der Waals surface area contributed by atoms with E-state index in [0.29, 0.717) is 0 Å². The largest absolute Gasteiger partial charge is 0.255 e. The van der Waals surface area contributed by atoms with Crippen molar-refractivity contribution in [3.05, 3.63) is 176 Å². The van der Waals surface area contributed by atoms with Crippen LogP contribution in [0.2, 0.25) is 0 Å². The summed E-state index contributed by atoms with van der Waals surface area (Å²) in [6.07, 6.45) is 3.56. The molecule has 0 saturated carbocycles. The summed E-state index contributed by atoms with van der Waals surface area (Å²) in [5, 5.41) is 10.5. The van der Waals surface area contributed by atoms with Gasteiger partial charge in [-0.25, -0.2) is 9.97 Å². The van der Waals surface area contributed by atoms with Gasteiger partial charge in [-0.1, -0.05) is 103 Å². The number of hydrogen-bond acceptors (Lipinski definition) is 6. The summed E-state index contributed by atoms with van der Waals surface area (Å²) in [6, 6.07) is 54.9. The lowest BCUT2D eigenvalue weighted by Crippen LogP contribution is -2.04. The maximum atomic E-state index is 5.25. The van der Waals surface area contributed by atoms with Crippen LogP contribution in [0.25, 0.3) is 84.3 Å². The SMILES string of the molecule is c1ccc(-c2cccc(-c3ccccc3)c2-n2nc3cc(-c4cccc(-c5ccccn5)n4)cc(-c4cccc(-c5ccccn5)n4)c3n2)cc1. The van der Waals surface area contributed by atoms with Crippen molar-refractivity contribution in [2.24, 2.45) is 0 Å². The molecule has 0 aliphatic heterocycles. The number of benzene rings is 4. The van der Waals surface area contributed by atoms with Crippen molar-refractivity contribution >= 4 is 11.0 Å². The van der Waals surface area contributed by atoms with Crippen LogP contribution in [-0.2, 0) is 0 Å². The number of aromatic nitrogens is 7. The fourth-order valence-electron chi connectivity index (χ4n) is 6.42. The third kappa shape index (κ3) is 5.83. The molecule has 0 amide bonds. The topological polar surface area (TPSA) is 82.3 Å². The third-order valence-corrected chi connectivity index (χ3v) is 8.82. The lowest BCUT2D eigenvalue weighted by Gasteiger charge is -2.14. The smallest absolute Gasteiger partial charge is 0.123 e. The van der Waals surface area contributed by atoms with E-state index in [1.165, 1.54) is 0 Å². The van der Waals surface area contributed by atoms with E-state index >= 15 is 0 Å². The maximum Gasteiger partial charge on any atom is 0.123 e. The van der Waals surface area contributed by atoms with Gasteiger partial charge in [0.25, 0.3) is 0 Å². The van der Waals surface area contributed by atoms with Gasteiger partial charge >= 0.3 is 0 Å². The van der Waals surface area contributed by atoms with Gasteiger partial charge in [0.05, 0.1) is 34.2 Å². The van der Waals surface area contributed by atoms with E-state index in [4.69, 9.17) is 20.2 Å². The Morgan fingerprint density at radius 1 is 0.353 bits per heavy atom. The van der Waals surface area contributed by atoms with E-state index in [0.717, 1.165) is 84.3 Å². The van der Waals surface area contributed by atoms with Crippen LogP contribution in [0.15, 0.2) is 176 Å². The zero-order valence-electron chi connectivity index (χ0n) is 27.4. The molecular weight excluding hydrogens is 627 g/mol. The molecule has 0 N–H and O–H groups in total. The van der Waals surface area contributed by atoms with E-state index < -0.39 is 0 Å². The average molecular weight is 656 g/mol. The molecule has 9 rings (SSSR count). The first-order valence-electron chi connectivity index (χ1n) is 16.7. The Kier molecular flexibility index (Phi) is 7.68. The molecule has 0 aliphatic carbocycles. The zero-order chi connectivity index (χ0) is 34.0. The van der Waals surface area contributed by atoms with Gasteiger partial charge in [-0.05, 0) is 71.8 Å². The quantitative estimate of drug-likeness (QED) is 0.170. The molecular formula is C44H29N7. The van der Waals surface area contributed by atoms with Crippen LogP contribution in [0.5, 0.6) is 0 Å². The Bertz CT molecular complexity index is 2560. The summed E-state index contributed by atoms with van der Waals surface area (Å²) in [7, 11) is 0. The molecule has 0 spiro atoms. The Hall–Kier alpha value is -7.12. The maximum absolute atomic E-state index is 5.25. The molecule has 0 radical (unpaired) electrons. The normalized spacial score (nSPS) is 11.1. The van der Waals surface area contributed by atoms with Gasteiger partial charge in [0, 0.05) is 34.6 Å². The van der Waals surface area contributed by atoms with Crippen molar-refractivity contribution in [3.63, 3.8) is 0 Å². The first-order chi connectivity index (χ1) is 25.3. The average Bonchev–Trinajstić information content (AvgIpc) is 3.66. The molecule has 51 heavy (non-hydrogen) atoms. The second kappa shape index (κ2) is 13.1. The molecule has 5 aromatic heterocycles. The van der Waals surface area contributed by atoms with Crippen LogP contribution in [-0.4, -0.2) is 34.9 Å². The number of nitrogens with zero attached hydrogens (tertiary/aromatic N) is 7. The molecule has 0 unspecified atom stereocenters. The first-order valence-corrected chi connectivity index (χ1v) is 16.7. The van der Waals surface area contributed by atoms with Gasteiger partial charge in [-0.15, -0.1) is 15.0 Å². The molecule has 240 valence electrons. The zero-order valence-corrected chi connectivity index (χ0v) is 27.4. The molecule has 7 heteroatoms. The summed E-state index contributed by atoms with van der Waals surface area (Å²) in [6.45, 7) is 0. The summed E-state index contributed by atoms with van der Waals surface area (Å²) in [5.74, 6) is 0. The second-order valence-electron chi connectivity index (χ2n) is 12.1. The van der Waals surface area contributed by atoms with Crippen molar-refractivity contribution in [1.29, 1.82) is 0 Å². The molecule has 5 heterocycles. The van der Waals surface area contributed by atoms with Gasteiger partial charge in [0.2, 0.25) is 0 Å². The molecule has 9 aromatic rings. The van der Waals surface area contributed by atoms with E-state index in [2.05, 4.69) is 88.8 Å². The number of pyridine rings is 4. The van der Waals surface area contributed by atoms with Crippen LogP contribution < -0.4 is 0 Å². The van der Waals surface area contributed by atoms with Crippen LogP contribution in [0.3, 0.4) is 0 Å². The third-order valence-electron chi connectivity index (χ3n) is 8.82. The van der Waals surface area contributed by atoms with E-state index in [1.54, 1.807) is 17.2 Å². The minimum absolute atomic E-state index is 0.722. The van der Waals surface area contributed by atoms with Gasteiger partial charge in [0.1, 0.15) is 16.7 Å². The minimum Gasteiger partial charge on any atom is -0.255 e. The lowest BCUT2D eigenvalue weighted by molar-refractivity contribution is 0.769. The fourth-order valence-corrected chi connectivity index (χ4v) is 6.42. The fraction of sp³-hybridized carbons (Fsp3) is 0. The molecule has 0 fully saturated rings. The van der Waals surface area contributed by atoms with Crippen LogP contribution >= 0.6 is 0 Å². The van der Waals surface area contributed by atoms with Crippen LogP contribution in [0.1, 0.15) is 0 Å². The van der Waals surface area contributed by atoms with Crippen molar-refractivity contribution in [2.45, 2.75) is 0 Å². The van der Waals surface area contributed by atoms with Crippen molar-refractivity contribution in [1.82, 2.24) is 34.9 Å². The number of hydrogen-bond donors (Lipinski definition) is 0. The minimum atomic E-state index is 0.722. The van der Waals surface area contributed by atoms with Crippen molar-refractivity contribution in [3.8, 4) is 73.2 Å². The van der Waals surface area contributed by atoms with Gasteiger partial charge in [-0.2, -0.15) is 0 Å². The Morgan fingerprint density at radius 3 is 1.45 bits per heavy atom. The van der Waals surface area contributed by atoms with Crippen LogP contribution in [0.4, 0.5) is 0 Å².